The third kappa shape index (κ3) is 1.67. The quantitative estimate of drug-likeness (QED) is 0.859. The Morgan fingerprint density at radius 2 is 2.12 bits per heavy atom. The van der Waals surface area contributed by atoms with Crippen LogP contribution in [0.3, 0.4) is 0 Å². The maximum absolute atomic E-state index is 9.20. The van der Waals surface area contributed by atoms with Gasteiger partial charge in [0.05, 0.1) is 13.7 Å². The van der Waals surface area contributed by atoms with Crippen LogP contribution in [0.2, 0.25) is 0 Å². The van der Waals surface area contributed by atoms with Crippen molar-refractivity contribution >= 4 is 10.9 Å². The van der Waals surface area contributed by atoms with Crippen LogP contribution in [0, 0.1) is 0 Å². The maximum Gasteiger partial charge on any atom is 0.119 e. The molecule has 0 bridgehead atoms. The second-order valence-corrected chi connectivity index (χ2v) is 4.14. The predicted octanol–water partition coefficient (Wildman–Crippen LogP) is 2.28. The molecule has 86 valence electrons. The largest absolute Gasteiger partial charge is 0.497 e. The van der Waals surface area contributed by atoms with Crippen molar-refractivity contribution in [1.82, 2.24) is 4.57 Å². The van der Waals surface area contributed by atoms with E-state index in [1.807, 2.05) is 32.2 Å². The van der Waals surface area contributed by atoms with E-state index in [9.17, 15) is 5.11 Å². The van der Waals surface area contributed by atoms with E-state index < -0.39 is 0 Å². The highest BCUT2D eigenvalue weighted by Crippen LogP contribution is 2.27. The lowest BCUT2D eigenvalue weighted by Gasteiger charge is -2.09. The molecule has 0 spiro atoms. The first kappa shape index (κ1) is 11.0. The van der Waals surface area contributed by atoms with Crippen molar-refractivity contribution in [3.05, 3.63) is 30.0 Å². The zero-order chi connectivity index (χ0) is 11.7. The average Bonchev–Trinajstić information content (AvgIpc) is 2.65. The lowest BCUT2D eigenvalue weighted by Crippen LogP contribution is -2.04. The number of nitrogens with zero attached hydrogens (tertiary/aromatic N) is 1. The summed E-state index contributed by atoms with van der Waals surface area (Å²) in [5.74, 6) is 1.02. The third-order valence-electron chi connectivity index (χ3n) is 3.07. The van der Waals surface area contributed by atoms with Gasteiger partial charge in [-0.1, -0.05) is 6.92 Å². The van der Waals surface area contributed by atoms with Gasteiger partial charge in [0.1, 0.15) is 5.75 Å². The fourth-order valence-electron chi connectivity index (χ4n) is 2.04. The zero-order valence-corrected chi connectivity index (χ0v) is 9.90. The molecule has 1 atom stereocenters. The van der Waals surface area contributed by atoms with Crippen LogP contribution in [0.25, 0.3) is 10.9 Å². The molecule has 2 rings (SSSR count). The van der Waals surface area contributed by atoms with Gasteiger partial charge in [-0.3, -0.25) is 0 Å². The van der Waals surface area contributed by atoms with E-state index in [1.165, 1.54) is 0 Å². The van der Waals surface area contributed by atoms with Crippen molar-refractivity contribution in [3.8, 4) is 5.75 Å². The Morgan fingerprint density at radius 3 is 2.75 bits per heavy atom. The number of aliphatic hydroxyl groups is 1. The molecule has 0 saturated heterocycles. The molecule has 3 heteroatoms. The molecule has 1 N–H and O–H groups in total. The van der Waals surface area contributed by atoms with Crippen LogP contribution in [0.4, 0.5) is 0 Å². The van der Waals surface area contributed by atoms with Crippen LogP contribution in [0.1, 0.15) is 18.5 Å². The van der Waals surface area contributed by atoms with Crippen molar-refractivity contribution in [2.75, 3.05) is 13.7 Å². The molecular weight excluding hydrogens is 202 g/mol. The van der Waals surface area contributed by atoms with E-state index in [1.54, 1.807) is 7.11 Å². The number of ether oxygens (including phenoxy) is 1. The zero-order valence-electron chi connectivity index (χ0n) is 9.90. The summed E-state index contributed by atoms with van der Waals surface area (Å²) < 4.78 is 7.32. The molecule has 1 unspecified atom stereocenters. The molecule has 16 heavy (non-hydrogen) atoms. The molecule has 1 aromatic heterocycles. The molecule has 0 aliphatic carbocycles. The van der Waals surface area contributed by atoms with E-state index in [4.69, 9.17) is 4.74 Å². The molecule has 1 heterocycles. The molecule has 0 aliphatic heterocycles. The number of aromatic nitrogens is 1. The summed E-state index contributed by atoms with van der Waals surface area (Å²) in [5, 5.41) is 10.4. The van der Waals surface area contributed by atoms with Gasteiger partial charge in [0, 0.05) is 29.6 Å². The van der Waals surface area contributed by atoms with Crippen LogP contribution < -0.4 is 4.74 Å². The molecule has 0 amide bonds. The van der Waals surface area contributed by atoms with Crippen molar-refractivity contribution in [3.63, 3.8) is 0 Å². The number of rotatable bonds is 3. The maximum atomic E-state index is 9.20. The summed E-state index contributed by atoms with van der Waals surface area (Å²) >= 11 is 0. The highest BCUT2D eigenvalue weighted by atomic mass is 16.5. The van der Waals surface area contributed by atoms with E-state index in [0.29, 0.717) is 0 Å². The Balaban J connectivity index is 2.58. The smallest absolute Gasteiger partial charge is 0.119 e. The first-order chi connectivity index (χ1) is 7.67. The van der Waals surface area contributed by atoms with Gasteiger partial charge in [-0.2, -0.15) is 0 Å². The normalized spacial score (nSPS) is 13.0. The summed E-state index contributed by atoms with van der Waals surface area (Å²) in [4.78, 5) is 0. The van der Waals surface area contributed by atoms with Crippen LogP contribution in [0.5, 0.6) is 5.75 Å². The molecule has 3 nitrogen and oxygen atoms in total. The SMILES string of the molecule is COc1ccc2c(c1)cc(C(C)CO)n2C. The number of hydrogen-bond donors (Lipinski definition) is 1. The van der Waals surface area contributed by atoms with Crippen molar-refractivity contribution in [1.29, 1.82) is 0 Å². The van der Waals surface area contributed by atoms with E-state index in [2.05, 4.69) is 10.6 Å². The first-order valence-corrected chi connectivity index (χ1v) is 5.41. The topological polar surface area (TPSA) is 34.4 Å². The highest BCUT2D eigenvalue weighted by Gasteiger charge is 2.11. The minimum absolute atomic E-state index is 0.156. The average molecular weight is 219 g/mol. The second kappa shape index (κ2) is 4.18. The molecule has 0 fully saturated rings. The Labute approximate surface area is 95.3 Å². The fraction of sp³-hybridized carbons (Fsp3) is 0.385. The van der Waals surface area contributed by atoms with Gasteiger partial charge in [0.25, 0.3) is 0 Å². The lowest BCUT2D eigenvalue weighted by atomic mass is 10.1. The Kier molecular flexibility index (Phi) is 2.88. The van der Waals surface area contributed by atoms with Gasteiger partial charge < -0.3 is 14.4 Å². The number of methoxy groups -OCH3 is 1. The summed E-state index contributed by atoms with van der Waals surface area (Å²) in [7, 11) is 3.69. The van der Waals surface area contributed by atoms with Gasteiger partial charge in [0.2, 0.25) is 0 Å². The number of aliphatic hydroxyl groups excluding tert-OH is 1. The van der Waals surface area contributed by atoms with Crippen LogP contribution in [-0.4, -0.2) is 23.4 Å². The van der Waals surface area contributed by atoms with Gasteiger partial charge in [-0.25, -0.2) is 0 Å². The molecular formula is C13H17NO2. The van der Waals surface area contributed by atoms with Gasteiger partial charge in [-0.05, 0) is 24.3 Å². The Hall–Kier alpha value is -1.48. The monoisotopic (exact) mass is 219 g/mol. The van der Waals surface area contributed by atoms with Crippen molar-refractivity contribution in [2.24, 2.45) is 7.05 Å². The van der Waals surface area contributed by atoms with Crippen molar-refractivity contribution < 1.29 is 9.84 Å². The van der Waals surface area contributed by atoms with E-state index in [0.717, 1.165) is 22.3 Å². The van der Waals surface area contributed by atoms with Gasteiger partial charge >= 0.3 is 0 Å². The second-order valence-electron chi connectivity index (χ2n) is 4.14. The standard InChI is InChI=1S/C13H17NO2/c1-9(8-15)13-7-10-6-11(16-3)4-5-12(10)14(13)2/h4-7,9,15H,8H2,1-3H3. The Bertz CT molecular complexity index is 502. The van der Waals surface area contributed by atoms with Gasteiger partial charge in [-0.15, -0.1) is 0 Å². The van der Waals surface area contributed by atoms with Crippen LogP contribution in [0.15, 0.2) is 24.3 Å². The van der Waals surface area contributed by atoms with Crippen molar-refractivity contribution in [2.45, 2.75) is 12.8 Å². The number of fused-ring (bicyclic) bond motifs is 1. The minimum Gasteiger partial charge on any atom is -0.497 e. The molecule has 1 aromatic carbocycles. The summed E-state index contributed by atoms with van der Waals surface area (Å²) in [6.45, 7) is 2.19. The summed E-state index contributed by atoms with van der Waals surface area (Å²) in [6.07, 6.45) is 0. The van der Waals surface area contributed by atoms with E-state index in [-0.39, 0.29) is 12.5 Å². The predicted molar refractivity (Wildman–Crippen MR) is 65.0 cm³/mol. The molecule has 0 aliphatic rings. The molecule has 2 aromatic rings. The number of aryl methyl sites for hydroxylation is 1. The summed E-state index contributed by atoms with van der Waals surface area (Å²) in [6, 6.07) is 8.12. The lowest BCUT2D eigenvalue weighted by molar-refractivity contribution is 0.269. The summed E-state index contributed by atoms with van der Waals surface area (Å²) in [5.41, 5.74) is 2.31. The minimum atomic E-state index is 0.156. The first-order valence-electron chi connectivity index (χ1n) is 5.41. The fourth-order valence-corrected chi connectivity index (χ4v) is 2.04. The Morgan fingerprint density at radius 1 is 1.38 bits per heavy atom. The number of benzene rings is 1. The van der Waals surface area contributed by atoms with Gasteiger partial charge in [0.15, 0.2) is 0 Å². The van der Waals surface area contributed by atoms with Crippen LogP contribution >= 0.6 is 0 Å². The highest BCUT2D eigenvalue weighted by molar-refractivity contribution is 5.83. The number of hydrogen-bond acceptors (Lipinski definition) is 2. The third-order valence-corrected chi connectivity index (χ3v) is 3.07. The molecule has 0 saturated carbocycles. The van der Waals surface area contributed by atoms with Crippen LogP contribution in [-0.2, 0) is 7.05 Å². The molecule has 0 radical (unpaired) electrons. The van der Waals surface area contributed by atoms with E-state index >= 15 is 0 Å².